The standard InChI is InChI=1S/C16H26N2/c1-3-16(4-2,14-11-6-5-7-12-14)15(18-17)13-9-8-10-13/h5-7,11-13,15,18H,3-4,8-10,17H2,1-2H3. The van der Waals surface area contributed by atoms with E-state index in [2.05, 4.69) is 49.6 Å². The highest BCUT2D eigenvalue weighted by molar-refractivity contribution is 5.28. The molecule has 1 atom stereocenters. The second-order valence-corrected chi connectivity index (χ2v) is 5.56. The van der Waals surface area contributed by atoms with Crippen molar-refractivity contribution in [1.82, 2.24) is 5.43 Å². The third kappa shape index (κ3) is 2.19. The Morgan fingerprint density at radius 1 is 1.22 bits per heavy atom. The molecule has 0 heterocycles. The Morgan fingerprint density at radius 3 is 2.22 bits per heavy atom. The van der Waals surface area contributed by atoms with Crippen LogP contribution < -0.4 is 11.3 Å². The van der Waals surface area contributed by atoms with Gasteiger partial charge in [-0.1, -0.05) is 50.6 Å². The summed E-state index contributed by atoms with van der Waals surface area (Å²) in [6, 6.07) is 11.3. The first kappa shape index (κ1) is 13.6. The van der Waals surface area contributed by atoms with Gasteiger partial charge in [-0.05, 0) is 37.2 Å². The molecule has 1 aromatic rings. The van der Waals surface area contributed by atoms with E-state index < -0.39 is 0 Å². The van der Waals surface area contributed by atoms with E-state index in [-0.39, 0.29) is 5.41 Å². The number of benzene rings is 1. The Hall–Kier alpha value is -0.860. The molecule has 18 heavy (non-hydrogen) atoms. The second kappa shape index (κ2) is 5.85. The Labute approximate surface area is 111 Å². The normalized spacial score (nSPS) is 18.4. The highest BCUT2D eigenvalue weighted by Gasteiger charge is 2.42. The van der Waals surface area contributed by atoms with Crippen LogP contribution in [0.4, 0.5) is 0 Å². The average Bonchev–Trinajstić information content (AvgIpc) is 2.38. The number of nitrogens with one attached hydrogen (secondary N) is 1. The molecule has 2 heteroatoms. The van der Waals surface area contributed by atoms with E-state index in [9.17, 15) is 0 Å². The van der Waals surface area contributed by atoms with Crippen molar-refractivity contribution in [1.29, 1.82) is 0 Å². The van der Waals surface area contributed by atoms with E-state index in [0.29, 0.717) is 6.04 Å². The Morgan fingerprint density at radius 2 is 1.83 bits per heavy atom. The molecule has 1 aromatic carbocycles. The second-order valence-electron chi connectivity index (χ2n) is 5.56. The maximum Gasteiger partial charge on any atom is 0.0335 e. The van der Waals surface area contributed by atoms with E-state index >= 15 is 0 Å². The molecule has 0 saturated heterocycles. The third-order valence-corrected chi connectivity index (χ3v) is 5.01. The van der Waals surface area contributed by atoms with Gasteiger partial charge < -0.3 is 0 Å². The smallest absolute Gasteiger partial charge is 0.0335 e. The monoisotopic (exact) mass is 246 g/mol. The fraction of sp³-hybridized carbons (Fsp3) is 0.625. The molecule has 3 N–H and O–H groups in total. The van der Waals surface area contributed by atoms with Gasteiger partial charge in [-0.25, -0.2) is 0 Å². The SMILES string of the molecule is CCC(CC)(c1ccccc1)C(NN)C1CCC1. The highest BCUT2D eigenvalue weighted by atomic mass is 15.2. The van der Waals surface area contributed by atoms with Crippen molar-refractivity contribution in [3.63, 3.8) is 0 Å². The average molecular weight is 246 g/mol. The van der Waals surface area contributed by atoms with Crippen molar-refractivity contribution < 1.29 is 0 Å². The lowest BCUT2D eigenvalue weighted by Crippen LogP contribution is -2.56. The summed E-state index contributed by atoms with van der Waals surface area (Å²) >= 11 is 0. The van der Waals surface area contributed by atoms with Crippen LogP contribution in [0.5, 0.6) is 0 Å². The minimum atomic E-state index is 0.182. The molecule has 0 aromatic heterocycles. The quantitative estimate of drug-likeness (QED) is 0.596. The van der Waals surface area contributed by atoms with E-state index in [1.54, 1.807) is 0 Å². The van der Waals surface area contributed by atoms with Gasteiger partial charge in [0.05, 0.1) is 0 Å². The van der Waals surface area contributed by atoms with Crippen LogP contribution in [0.25, 0.3) is 0 Å². The molecule has 0 aliphatic heterocycles. The topological polar surface area (TPSA) is 38.0 Å². The third-order valence-electron chi connectivity index (χ3n) is 5.01. The molecule has 0 spiro atoms. The first-order chi connectivity index (χ1) is 8.78. The van der Waals surface area contributed by atoms with Crippen LogP contribution in [0.2, 0.25) is 0 Å². The summed E-state index contributed by atoms with van der Waals surface area (Å²) in [5.74, 6) is 6.65. The van der Waals surface area contributed by atoms with Gasteiger partial charge in [0.2, 0.25) is 0 Å². The Kier molecular flexibility index (Phi) is 4.41. The lowest BCUT2D eigenvalue weighted by molar-refractivity contribution is 0.138. The van der Waals surface area contributed by atoms with Crippen LogP contribution in [0, 0.1) is 5.92 Å². The summed E-state index contributed by atoms with van der Waals surface area (Å²) in [4.78, 5) is 0. The summed E-state index contributed by atoms with van der Waals surface area (Å²) < 4.78 is 0. The van der Waals surface area contributed by atoms with Gasteiger partial charge in [0.25, 0.3) is 0 Å². The molecule has 0 amide bonds. The Balaban J connectivity index is 2.35. The maximum atomic E-state index is 5.91. The van der Waals surface area contributed by atoms with E-state index in [1.807, 2.05) is 0 Å². The summed E-state index contributed by atoms with van der Waals surface area (Å²) in [5.41, 5.74) is 4.76. The van der Waals surface area contributed by atoms with Crippen molar-refractivity contribution in [2.45, 2.75) is 57.4 Å². The molecule has 1 saturated carbocycles. The van der Waals surface area contributed by atoms with Gasteiger partial charge >= 0.3 is 0 Å². The van der Waals surface area contributed by atoms with Gasteiger partial charge in [0.1, 0.15) is 0 Å². The van der Waals surface area contributed by atoms with E-state index in [4.69, 9.17) is 5.84 Å². The number of rotatable bonds is 6. The summed E-state index contributed by atoms with van der Waals surface area (Å²) in [7, 11) is 0. The number of hydrogen-bond donors (Lipinski definition) is 2. The minimum Gasteiger partial charge on any atom is -0.271 e. The lowest BCUT2D eigenvalue weighted by Gasteiger charge is -2.47. The van der Waals surface area contributed by atoms with Crippen molar-refractivity contribution in [2.75, 3.05) is 0 Å². The first-order valence-electron chi connectivity index (χ1n) is 7.30. The van der Waals surface area contributed by atoms with Crippen molar-refractivity contribution in [3.05, 3.63) is 35.9 Å². The predicted molar refractivity (Wildman–Crippen MR) is 77.2 cm³/mol. The van der Waals surface area contributed by atoms with Gasteiger partial charge in [0, 0.05) is 11.5 Å². The Bertz CT molecular complexity index is 353. The van der Waals surface area contributed by atoms with Crippen LogP contribution in [0.3, 0.4) is 0 Å². The molecular formula is C16H26N2. The number of hydrogen-bond acceptors (Lipinski definition) is 2. The molecule has 100 valence electrons. The zero-order valence-corrected chi connectivity index (χ0v) is 11.7. The zero-order valence-electron chi connectivity index (χ0n) is 11.7. The van der Waals surface area contributed by atoms with E-state index in [0.717, 1.165) is 18.8 Å². The fourth-order valence-electron chi connectivity index (χ4n) is 3.57. The molecule has 1 fully saturated rings. The summed E-state index contributed by atoms with van der Waals surface area (Å²) in [5, 5.41) is 0. The summed E-state index contributed by atoms with van der Waals surface area (Å²) in [6.07, 6.45) is 6.28. The van der Waals surface area contributed by atoms with Crippen LogP contribution in [-0.4, -0.2) is 6.04 Å². The molecule has 0 bridgehead atoms. The fourth-order valence-corrected chi connectivity index (χ4v) is 3.57. The highest BCUT2D eigenvalue weighted by Crippen LogP contribution is 2.43. The number of hydrazine groups is 1. The van der Waals surface area contributed by atoms with E-state index in [1.165, 1.54) is 24.8 Å². The first-order valence-corrected chi connectivity index (χ1v) is 7.30. The minimum absolute atomic E-state index is 0.182. The van der Waals surface area contributed by atoms with Gasteiger partial charge in [-0.15, -0.1) is 0 Å². The zero-order chi connectivity index (χ0) is 13.0. The maximum absolute atomic E-state index is 5.91. The van der Waals surface area contributed by atoms with Gasteiger partial charge in [-0.3, -0.25) is 11.3 Å². The van der Waals surface area contributed by atoms with Crippen LogP contribution in [-0.2, 0) is 5.41 Å². The molecule has 2 rings (SSSR count). The predicted octanol–water partition coefficient (Wildman–Crippen LogP) is 3.38. The summed E-state index contributed by atoms with van der Waals surface area (Å²) in [6.45, 7) is 4.58. The molecule has 1 aliphatic carbocycles. The van der Waals surface area contributed by atoms with Crippen LogP contribution >= 0.6 is 0 Å². The van der Waals surface area contributed by atoms with Crippen LogP contribution in [0.15, 0.2) is 30.3 Å². The number of nitrogens with two attached hydrogens (primary N) is 1. The molecule has 1 unspecified atom stereocenters. The molecular weight excluding hydrogens is 220 g/mol. The lowest BCUT2D eigenvalue weighted by atomic mass is 9.62. The van der Waals surface area contributed by atoms with Crippen molar-refractivity contribution in [2.24, 2.45) is 11.8 Å². The molecule has 2 nitrogen and oxygen atoms in total. The van der Waals surface area contributed by atoms with Gasteiger partial charge in [0.15, 0.2) is 0 Å². The van der Waals surface area contributed by atoms with Crippen molar-refractivity contribution in [3.8, 4) is 0 Å². The molecule has 1 aliphatic rings. The molecule has 0 radical (unpaired) electrons. The van der Waals surface area contributed by atoms with Crippen LogP contribution in [0.1, 0.15) is 51.5 Å². The largest absolute Gasteiger partial charge is 0.271 e. The van der Waals surface area contributed by atoms with Crippen molar-refractivity contribution >= 4 is 0 Å². The van der Waals surface area contributed by atoms with Gasteiger partial charge in [-0.2, -0.15) is 0 Å².